The Labute approximate surface area is 132 Å². The van der Waals surface area contributed by atoms with E-state index in [1.807, 2.05) is 0 Å². The molecule has 0 aromatic heterocycles. The van der Waals surface area contributed by atoms with Crippen LogP contribution in [-0.2, 0) is 14.3 Å². The lowest BCUT2D eigenvalue weighted by atomic mass is 9.70. The van der Waals surface area contributed by atoms with Gasteiger partial charge in [-0.25, -0.2) is 0 Å². The number of ether oxygens (including phenoxy) is 1. The third kappa shape index (κ3) is 4.87. The van der Waals surface area contributed by atoms with Crippen molar-refractivity contribution in [1.29, 1.82) is 5.26 Å². The van der Waals surface area contributed by atoms with Crippen LogP contribution in [0.4, 0.5) is 0 Å². The van der Waals surface area contributed by atoms with Gasteiger partial charge >= 0.3 is 5.97 Å². The summed E-state index contributed by atoms with van der Waals surface area (Å²) < 4.78 is 5.06. The van der Waals surface area contributed by atoms with Crippen LogP contribution >= 0.6 is 0 Å². The molecule has 5 heteroatoms. The number of ketones is 1. The van der Waals surface area contributed by atoms with Gasteiger partial charge < -0.3 is 10.5 Å². The van der Waals surface area contributed by atoms with E-state index >= 15 is 0 Å². The van der Waals surface area contributed by atoms with E-state index in [-0.39, 0.29) is 23.0 Å². The van der Waals surface area contributed by atoms with E-state index in [9.17, 15) is 9.59 Å². The molecule has 2 N–H and O–H groups in total. The number of carbonyl (C=O) groups excluding carboxylic acids is 2. The molecule has 1 aliphatic rings. The van der Waals surface area contributed by atoms with E-state index in [1.54, 1.807) is 6.07 Å². The largest absolute Gasteiger partial charge is 0.457 e. The minimum absolute atomic E-state index is 0.0192. The van der Waals surface area contributed by atoms with Crippen LogP contribution in [0.3, 0.4) is 0 Å². The zero-order valence-electron chi connectivity index (χ0n) is 13.7. The topological polar surface area (TPSA) is 93.2 Å². The highest BCUT2D eigenvalue weighted by Crippen LogP contribution is 2.40. The van der Waals surface area contributed by atoms with Crippen molar-refractivity contribution in [1.82, 2.24) is 0 Å². The summed E-state index contributed by atoms with van der Waals surface area (Å²) in [5.74, 6) is -1.51. The van der Waals surface area contributed by atoms with E-state index < -0.39 is 18.3 Å². The summed E-state index contributed by atoms with van der Waals surface area (Å²) in [4.78, 5) is 23.8. The minimum atomic E-state index is -1.11. The monoisotopic (exact) mass is 306 g/mol. The van der Waals surface area contributed by atoms with Crippen LogP contribution in [0.1, 0.15) is 46.5 Å². The average Bonchev–Trinajstić information content (AvgIpc) is 2.44. The molecule has 1 saturated carbocycles. The summed E-state index contributed by atoms with van der Waals surface area (Å²) in [6.07, 6.45) is 3.58. The van der Waals surface area contributed by atoms with Gasteiger partial charge in [-0.05, 0) is 37.0 Å². The van der Waals surface area contributed by atoms with Gasteiger partial charge in [-0.15, -0.1) is 0 Å². The van der Waals surface area contributed by atoms with Gasteiger partial charge in [0, 0.05) is 5.70 Å². The SMILES string of the molecule is C=C(N)[C@H](C#N)C(=O)COC(=O)C1CCC(C(C)(C)C)CC1. The van der Waals surface area contributed by atoms with Gasteiger partial charge in [-0.1, -0.05) is 27.4 Å². The molecule has 1 fully saturated rings. The van der Waals surface area contributed by atoms with Gasteiger partial charge in [0.1, 0.15) is 5.92 Å². The third-order valence-electron chi connectivity index (χ3n) is 4.46. The third-order valence-corrected chi connectivity index (χ3v) is 4.46. The number of hydrogen-bond acceptors (Lipinski definition) is 5. The first-order chi connectivity index (χ1) is 10.2. The van der Waals surface area contributed by atoms with Gasteiger partial charge in [0.25, 0.3) is 0 Å². The first-order valence-electron chi connectivity index (χ1n) is 7.70. The molecule has 0 spiro atoms. The predicted molar refractivity (Wildman–Crippen MR) is 83.3 cm³/mol. The maximum Gasteiger partial charge on any atom is 0.309 e. The van der Waals surface area contributed by atoms with Crippen LogP contribution in [0.2, 0.25) is 0 Å². The Morgan fingerprint density at radius 3 is 2.27 bits per heavy atom. The number of Topliss-reactive ketones (excluding diaryl/α,β-unsaturated/α-hetero) is 1. The Hall–Kier alpha value is -1.83. The van der Waals surface area contributed by atoms with Gasteiger partial charge in [-0.3, -0.25) is 9.59 Å². The smallest absolute Gasteiger partial charge is 0.309 e. The number of carbonyl (C=O) groups is 2. The molecule has 0 bridgehead atoms. The standard InChI is InChI=1S/C17H26N2O3/c1-11(19)14(9-18)15(20)10-22-16(21)12-5-7-13(8-6-12)17(2,3)4/h12-14H,1,5-8,10,19H2,2-4H3/t12?,13?,14-/m0/s1. The highest BCUT2D eigenvalue weighted by atomic mass is 16.5. The molecule has 5 nitrogen and oxygen atoms in total. The zero-order valence-corrected chi connectivity index (χ0v) is 13.7. The quantitative estimate of drug-likeness (QED) is 0.788. The molecule has 1 atom stereocenters. The first-order valence-corrected chi connectivity index (χ1v) is 7.70. The number of hydrogen-bond donors (Lipinski definition) is 1. The van der Waals surface area contributed by atoms with Crippen molar-refractivity contribution in [2.75, 3.05) is 6.61 Å². The van der Waals surface area contributed by atoms with E-state index in [2.05, 4.69) is 27.4 Å². The number of esters is 1. The zero-order chi connectivity index (χ0) is 16.9. The molecule has 1 aliphatic carbocycles. The molecule has 22 heavy (non-hydrogen) atoms. The van der Waals surface area contributed by atoms with Gasteiger partial charge in [-0.2, -0.15) is 5.26 Å². The Bertz CT molecular complexity index is 477. The van der Waals surface area contributed by atoms with Crippen LogP contribution in [0.15, 0.2) is 12.3 Å². The summed E-state index contributed by atoms with van der Waals surface area (Å²) >= 11 is 0. The van der Waals surface area contributed by atoms with Crippen LogP contribution in [0, 0.1) is 34.5 Å². The van der Waals surface area contributed by atoms with Gasteiger partial charge in [0.15, 0.2) is 12.4 Å². The number of rotatable bonds is 5. The van der Waals surface area contributed by atoms with E-state index in [0.29, 0.717) is 5.92 Å². The lowest BCUT2D eigenvalue weighted by Crippen LogP contribution is -2.31. The second-order valence-corrected chi connectivity index (χ2v) is 7.13. The van der Waals surface area contributed by atoms with Gasteiger partial charge in [0.05, 0.1) is 12.0 Å². The summed E-state index contributed by atoms with van der Waals surface area (Å²) in [5.41, 5.74) is 5.61. The van der Waals surface area contributed by atoms with Gasteiger partial charge in [0.2, 0.25) is 0 Å². The molecule has 0 amide bonds. The second-order valence-electron chi connectivity index (χ2n) is 7.13. The summed E-state index contributed by atoms with van der Waals surface area (Å²) in [7, 11) is 0. The summed E-state index contributed by atoms with van der Waals surface area (Å²) in [5, 5.41) is 8.83. The molecular formula is C17H26N2O3. The fourth-order valence-corrected chi connectivity index (χ4v) is 2.90. The Kier molecular flexibility index (Phi) is 6.16. The van der Waals surface area contributed by atoms with E-state index in [1.165, 1.54) is 0 Å². The van der Waals surface area contributed by atoms with Crippen LogP contribution in [-0.4, -0.2) is 18.4 Å². The normalized spacial score (nSPS) is 23.2. The fraction of sp³-hybridized carbons (Fsp3) is 0.706. The maximum absolute atomic E-state index is 12.0. The second kappa shape index (κ2) is 7.44. The molecular weight excluding hydrogens is 280 g/mol. The van der Waals surface area contributed by atoms with Crippen molar-refractivity contribution in [3.63, 3.8) is 0 Å². The van der Waals surface area contributed by atoms with E-state index in [0.717, 1.165) is 25.7 Å². The summed E-state index contributed by atoms with van der Waals surface area (Å²) in [6.45, 7) is 9.64. The molecule has 0 unspecified atom stereocenters. The number of allylic oxidation sites excluding steroid dienone is 1. The van der Waals surface area contributed by atoms with E-state index in [4.69, 9.17) is 15.7 Å². The lowest BCUT2D eigenvalue weighted by molar-refractivity contribution is -0.154. The van der Waals surface area contributed by atoms with Crippen molar-refractivity contribution in [2.45, 2.75) is 46.5 Å². The summed E-state index contributed by atoms with van der Waals surface area (Å²) in [6, 6.07) is 1.76. The van der Waals surface area contributed by atoms with Crippen molar-refractivity contribution in [3.05, 3.63) is 12.3 Å². The van der Waals surface area contributed by atoms with Crippen LogP contribution in [0.5, 0.6) is 0 Å². The molecule has 0 heterocycles. The highest BCUT2D eigenvalue weighted by molar-refractivity contribution is 5.88. The molecule has 0 saturated heterocycles. The molecule has 0 aliphatic heterocycles. The molecule has 122 valence electrons. The number of nitrogens with zero attached hydrogens (tertiary/aromatic N) is 1. The Balaban J connectivity index is 2.43. The Morgan fingerprint density at radius 1 is 1.32 bits per heavy atom. The Morgan fingerprint density at radius 2 is 1.86 bits per heavy atom. The molecule has 0 radical (unpaired) electrons. The van der Waals surface area contributed by atoms with Crippen molar-refractivity contribution in [2.24, 2.45) is 28.9 Å². The predicted octanol–water partition coefficient (Wildman–Crippen LogP) is 2.56. The first kappa shape index (κ1) is 18.2. The minimum Gasteiger partial charge on any atom is -0.457 e. The maximum atomic E-state index is 12.0. The molecule has 0 aromatic carbocycles. The number of nitrogens with two attached hydrogens (primary N) is 1. The highest BCUT2D eigenvalue weighted by Gasteiger charge is 2.33. The van der Waals surface area contributed by atoms with Crippen molar-refractivity contribution < 1.29 is 14.3 Å². The molecule has 0 aromatic rings. The fourth-order valence-electron chi connectivity index (χ4n) is 2.90. The van der Waals surface area contributed by atoms with Crippen LogP contribution in [0.25, 0.3) is 0 Å². The van der Waals surface area contributed by atoms with Crippen LogP contribution < -0.4 is 5.73 Å². The number of nitriles is 1. The average molecular weight is 306 g/mol. The lowest BCUT2D eigenvalue weighted by Gasteiger charge is -2.36. The molecule has 1 rings (SSSR count). The van der Waals surface area contributed by atoms with Crippen molar-refractivity contribution in [3.8, 4) is 6.07 Å². The van der Waals surface area contributed by atoms with Crippen molar-refractivity contribution >= 4 is 11.8 Å².